The average Bonchev–Trinajstić information content (AvgIpc) is 2.25. The van der Waals surface area contributed by atoms with Crippen molar-refractivity contribution in [3.05, 3.63) is 18.1 Å². The molecule has 0 aliphatic rings. The minimum absolute atomic E-state index is 0.604. The van der Waals surface area contributed by atoms with E-state index in [1.807, 2.05) is 11.8 Å². The minimum atomic E-state index is 0.604. The molecule has 78 valence electrons. The largest absolute Gasteiger partial charge is 0.307 e. The third-order valence-electron chi connectivity index (χ3n) is 1.75. The fraction of sp³-hybridized carbons (Fsp3) is 0.556. The van der Waals surface area contributed by atoms with Crippen molar-refractivity contribution in [3.63, 3.8) is 0 Å². The van der Waals surface area contributed by atoms with Gasteiger partial charge >= 0.3 is 0 Å². The molecule has 5 heteroatoms. The topological polar surface area (TPSA) is 63.8 Å². The summed E-state index contributed by atoms with van der Waals surface area (Å²) in [4.78, 5) is 8.31. The van der Waals surface area contributed by atoms with Gasteiger partial charge in [0.1, 0.15) is 0 Å². The third-order valence-corrected chi connectivity index (χ3v) is 2.82. The number of thioether (sulfide) groups is 1. The normalized spacial score (nSPS) is 10.1. The van der Waals surface area contributed by atoms with Gasteiger partial charge in [-0.25, -0.2) is 10.8 Å². The molecule has 1 rings (SSSR count). The van der Waals surface area contributed by atoms with Crippen molar-refractivity contribution in [2.75, 3.05) is 11.2 Å². The molecule has 4 nitrogen and oxygen atoms in total. The number of hydrogen-bond acceptors (Lipinski definition) is 5. The molecule has 1 aromatic rings. The zero-order valence-electron chi connectivity index (χ0n) is 8.36. The second-order valence-corrected chi connectivity index (χ2v) is 4.05. The second kappa shape index (κ2) is 6.62. The highest BCUT2D eigenvalue weighted by atomic mass is 32.2. The molecule has 3 N–H and O–H groups in total. The van der Waals surface area contributed by atoms with E-state index in [0.29, 0.717) is 5.82 Å². The van der Waals surface area contributed by atoms with E-state index in [4.69, 9.17) is 5.84 Å². The molecule has 0 fully saturated rings. The van der Waals surface area contributed by atoms with Gasteiger partial charge in [-0.1, -0.05) is 13.3 Å². The van der Waals surface area contributed by atoms with Gasteiger partial charge in [-0.05, 0) is 12.2 Å². The summed E-state index contributed by atoms with van der Waals surface area (Å²) in [5.41, 5.74) is 3.45. The van der Waals surface area contributed by atoms with E-state index in [2.05, 4.69) is 22.3 Å². The van der Waals surface area contributed by atoms with Gasteiger partial charge in [-0.2, -0.15) is 11.8 Å². The molecular weight excluding hydrogens is 196 g/mol. The summed E-state index contributed by atoms with van der Waals surface area (Å²) in [6.07, 6.45) is 5.92. The first kappa shape index (κ1) is 11.3. The number of unbranched alkanes of at least 4 members (excludes halogenated alkanes) is 1. The van der Waals surface area contributed by atoms with Crippen LogP contribution >= 0.6 is 11.8 Å². The lowest BCUT2D eigenvalue weighted by Crippen LogP contribution is -2.08. The van der Waals surface area contributed by atoms with Gasteiger partial charge in [0.25, 0.3) is 0 Å². The minimum Gasteiger partial charge on any atom is -0.307 e. The summed E-state index contributed by atoms with van der Waals surface area (Å²) in [6, 6.07) is 0. The first-order chi connectivity index (χ1) is 6.86. The van der Waals surface area contributed by atoms with Crippen LogP contribution in [0.5, 0.6) is 0 Å². The molecule has 0 aliphatic heterocycles. The Kier molecular flexibility index (Phi) is 5.32. The highest BCUT2D eigenvalue weighted by Crippen LogP contribution is 2.11. The van der Waals surface area contributed by atoms with Gasteiger partial charge in [-0.15, -0.1) is 0 Å². The number of rotatable bonds is 6. The van der Waals surface area contributed by atoms with E-state index in [1.165, 1.54) is 18.6 Å². The SMILES string of the molecule is CCCCSCc1cnc(NN)cn1. The van der Waals surface area contributed by atoms with Gasteiger partial charge in [-0.3, -0.25) is 4.98 Å². The Balaban J connectivity index is 2.29. The molecule has 0 unspecified atom stereocenters. The zero-order valence-corrected chi connectivity index (χ0v) is 9.18. The lowest BCUT2D eigenvalue weighted by atomic mass is 10.4. The van der Waals surface area contributed by atoms with Crippen LogP contribution in [0.3, 0.4) is 0 Å². The molecule has 0 aliphatic carbocycles. The molecule has 1 heterocycles. The van der Waals surface area contributed by atoms with Crippen molar-refractivity contribution < 1.29 is 0 Å². The molecule has 14 heavy (non-hydrogen) atoms. The number of hydrogen-bond donors (Lipinski definition) is 2. The highest BCUT2D eigenvalue weighted by molar-refractivity contribution is 7.98. The standard InChI is InChI=1S/C9H16N4S/c1-2-3-4-14-7-8-5-12-9(13-10)6-11-8/h5-6H,2-4,7,10H2,1H3,(H,12,13). The number of nitrogen functional groups attached to an aromatic ring is 1. The molecule has 0 spiro atoms. The summed E-state index contributed by atoms with van der Waals surface area (Å²) in [7, 11) is 0. The summed E-state index contributed by atoms with van der Waals surface area (Å²) >= 11 is 1.89. The van der Waals surface area contributed by atoms with Crippen LogP contribution in [-0.2, 0) is 5.75 Å². The molecule has 0 amide bonds. The number of aromatic nitrogens is 2. The zero-order chi connectivity index (χ0) is 10.2. The Labute approximate surface area is 88.7 Å². The van der Waals surface area contributed by atoms with Crippen molar-refractivity contribution in [1.29, 1.82) is 0 Å². The maximum atomic E-state index is 5.18. The lowest BCUT2D eigenvalue weighted by molar-refractivity contribution is 0.895. The van der Waals surface area contributed by atoms with Crippen LogP contribution in [0.25, 0.3) is 0 Å². The van der Waals surface area contributed by atoms with E-state index < -0.39 is 0 Å². The van der Waals surface area contributed by atoms with Gasteiger partial charge in [0.15, 0.2) is 5.82 Å². The van der Waals surface area contributed by atoms with Crippen molar-refractivity contribution in [2.24, 2.45) is 5.84 Å². The van der Waals surface area contributed by atoms with Crippen LogP contribution in [0.15, 0.2) is 12.4 Å². The van der Waals surface area contributed by atoms with Crippen molar-refractivity contribution in [1.82, 2.24) is 9.97 Å². The van der Waals surface area contributed by atoms with E-state index >= 15 is 0 Å². The number of nitrogens with one attached hydrogen (secondary N) is 1. The fourth-order valence-electron chi connectivity index (χ4n) is 0.927. The van der Waals surface area contributed by atoms with Crippen LogP contribution in [0.1, 0.15) is 25.5 Å². The predicted molar refractivity (Wildman–Crippen MR) is 60.9 cm³/mol. The van der Waals surface area contributed by atoms with E-state index in [9.17, 15) is 0 Å². The third kappa shape index (κ3) is 3.93. The Hall–Kier alpha value is -0.810. The van der Waals surface area contributed by atoms with Crippen molar-refractivity contribution in [2.45, 2.75) is 25.5 Å². The second-order valence-electron chi connectivity index (χ2n) is 2.94. The average molecular weight is 212 g/mol. The molecule has 0 radical (unpaired) electrons. The Morgan fingerprint density at radius 2 is 2.29 bits per heavy atom. The van der Waals surface area contributed by atoms with Crippen LogP contribution < -0.4 is 11.3 Å². The van der Waals surface area contributed by atoms with Crippen LogP contribution in [0.2, 0.25) is 0 Å². The Morgan fingerprint density at radius 1 is 1.43 bits per heavy atom. The smallest absolute Gasteiger partial charge is 0.158 e. The van der Waals surface area contributed by atoms with Gasteiger partial charge < -0.3 is 5.43 Å². The molecule has 0 atom stereocenters. The summed E-state index contributed by atoms with van der Waals surface area (Å²) in [6.45, 7) is 2.20. The number of nitrogens with zero attached hydrogens (tertiary/aromatic N) is 2. The monoisotopic (exact) mass is 212 g/mol. The maximum absolute atomic E-state index is 5.18. The fourth-order valence-corrected chi connectivity index (χ4v) is 1.92. The molecule has 0 saturated heterocycles. The molecule has 0 saturated carbocycles. The highest BCUT2D eigenvalue weighted by Gasteiger charge is 1.96. The first-order valence-electron chi connectivity index (χ1n) is 4.72. The molecule has 1 aromatic heterocycles. The van der Waals surface area contributed by atoms with Gasteiger partial charge in [0, 0.05) is 5.75 Å². The Bertz CT molecular complexity index is 249. The first-order valence-corrected chi connectivity index (χ1v) is 5.87. The Morgan fingerprint density at radius 3 is 2.86 bits per heavy atom. The quantitative estimate of drug-likeness (QED) is 0.427. The van der Waals surface area contributed by atoms with E-state index in [-0.39, 0.29) is 0 Å². The summed E-state index contributed by atoms with van der Waals surface area (Å²) in [5.74, 6) is 7.90. The number of hydrazine groups is 1. The molecule has 0 bridgehead atoms. The number of anilines is 1. The van der Waals surface area contributed by atoms with Crippen molar-refractivity contribution >= 4 is 17.6 Å². The van der Waals surface area contributed by atoms with Crippen molar-refractivity contribution in [3.8, 4) is 0 Å². The van der Waals surface area contributed by atoms with Crippen LogP contribution in [0.4, 0.5) is 5.82 Å². The van der Waals surface area contributed by atoms with Crippen LogP contribution in [0, 0.1) is 0 Å². The van der Waals surface area contributed by atoms with Gasteiger partial charge in [0.2, 0.25) is 0 Å². The summed E-state index contributed by atoms with van der Waals surface area (Å²) in [5, 5.41) is 0. The molecule has 0 aromatic carbocycles. The maximum Gasteiger partial charge on any atom is 0.158 e. The predicted octanol–water partition coefficient (Wildman–Crippen LogP) is 1.80. The van der Waals surface area contributed by atoms with Gasteiger partial charge in [0.05, 0.1) is 18.1 Å². The van der Waals surface area contributed by atoms with E-state index in [0.717, 1.165) is 11.4 Å². The number of nitrogens with two attached hydrogens (primary N) is 1. The van der Waals surface area contributed by atoms with E-state index in [1.54, 1.807) is 12.4 Å². The van der Waals surface area contributed by atoms with Crippen LogP contribution in [-0.4, -0.2) is 15.7 Å². The summed E-state index contributed by atoms with van der Waals surface area (Å²) < 4.78 is 0. The lowest BCUT2D eigenvalue weighted by Gasteiger charge is -2.01. The molecular formula is C9H16N4S.